The first-order chi connectivity index (χ1) is 8.16. The first kappa shape index (κ1) is 12.0. The van der Waals surface area contributed by atoms with Crippen molar-refractivity contribution in [2.45, 2.75) is 9.92 Å². The van der Waals surface area contributed by atoms with Crippen molar-refractivity contribution < 1.29 is 9.90 Å². The molecule has 17 heavy (non-hydrogen) atoms. The van der Waals surface area contributed by atoms with Crippen LogP contribution in [0.2, 0.25) is 5.02 Å². The van der Waals surface area contributed by atoms with E-state index in [4.69, 9.17) is 16.7 Å². The Labute approximate surface area is 107 Å². The van der Waals surface area contributed by atoms with Crippen LogP contribution in [0.1, 0.15) is 10.4 Å². The highest BCUT2D eigenvalue weighted by Gasteiger charge is 2.10. The van der Waals surface area contributed by atoms with Crippen molar-refractivity contribution in [1.29, 1.82) is 0 Å². The lowest BCUT2D eigenvalue weighted by atomic mass is 10.2. The number of aromatic carboxylic acids is 1. The zero-order valence-corrected chi connectivity index (χ0v) is 10.2. The molecular formula is C12H8ClNO2S. The van der Waals surface area contributed by atoms with Gasteiger partial charge in [-0.1, -0.05) is 29.4 Å². The van der Waals surface area contributed by atoms with Gasteiger partial charge in [-0.25, -0.2) is 9.78 Å². The quantitative estimate of drug-likeness (QED) is 0.921. The summed E-state index contributed by atoms with van der Waals surface area (Å²) < 4.78 is 0. The van der Waals surface area contributed by atoms with Gasteiger partial charge in [0.15, 0.2) is 0 Å². The van der Waals surface area contributed by atoms with Crippen molar-refractivity contribution in [3.05, 3.63) is 53.2 Å². The number of hydrogen-bond donors (Lipinski definition) is 1. The lowest BCUT2D eigenvalue weighted by Crippen LogP contribution is -1.97. The van der Waals surface area contributed by atoms with Crippen molar-refractivity contribution in [1.82, 2.24) is 4.98 Å². The van der Waals surface area contributed by atoms with Crippen LogP contribution in [-0.4, -0.2) is 16.1 Å². The van der Waals surface area contributed by atoms with Gasteiger partial charge in [-0.2, -0.15) is 0 Å². The topological polar surface area (TPSA) is 50.2 Å². The molecular weight excluding hydrogens is 258 g/mol. The third-order valence-electron chi connectivity index (χ3n) is 2.03. The summed E-state index contributed by atoms with van der Waals surface area (Å²) in [6.07, 6.45) is 1.69. The molecule has 0 spiro atoms. The fourth-order valence-corrected chi connectivity index (χ4v) is 2.27. The number of halogens is 1. The van der Waals surface area contributed by atoms with E-state index in [0.717, 1.165) is 9.92 Å². The zero-order chi connectivity index (χ0) is 12.3. The fraction of sp³-hybridized carbons (Fsp3) is 0. The van der Waals surface area contributed by atoms with E-state index in [1.165, 1.54) is 11.8 Å². The molecule has 0 aliphatic carbocycles. The van der Waals surface area contributed by atoms with Gasteiger partial charge in [-0.05, 0) is 30.3 Å². The first-order valence-electron chi connectivity index (χ1n) is 4.78. The molecule has 0 saturated carbocycles. The number of rotatable bonds is 3. The van der Waals surface area contributed by atoms with Gasteiger partial charge in [0.05, 0.1) is 10.6 Å². The Morgan fingerprint density at radius 3 is 2.76 bits per heavy atom. The van der Waals surface area contributed by atoms with Crippen LogP contribution in [0.15, 0.2) is 52.5 Å². The minimum absolute atomic E-state index is 0.104. The molecule has 1 aromatic heterocycles. The van der Waals surface area contributed by atoms with Crippen molar-refractivity contribution in [2.75, 3.05) is 0 Å². The lowest BCUT2D eigenvalue weighted by Gasteiger charge is -2.03. The first-order valence-corrected chi connectivity index (χ1v) is 5.98. The van der Waals surface area contributed by atoms with Gasteiger partial charge < -0.3 is 5.11 Å². The Kier molecular flexibility index (Phi) is 3.66. The molecule has 5 heteroatoms. The van der Waals surface area contributed by atoms with Crippen LogP contribution in [0.5, 0.6) is 0 Å². The normalized spacial score (nSPS) is 10.2. The number of carboxylic acid groups (broad SMARTS) is 1. The number of nitrogens with zero attached hydrogens (tertiary/aromatic N) is 1. The number of hydrogen-bond acceptors (Lipinski definition) is 3. The molecule has 0 amide bonds. The van der Waals surface area contributed by atoms with E-state index in [9.17, 15) is 4.79 Å². The summed E-state index contributed by atoms with van der Waals surface area (Å²) in [5.74, 6) is -1.03. The van der Waals surface area contributed by atoms with E-state index in [1.807, 2.05) is 18.2 Å². The molecule has 1 aromatic carbocycles. The predicted molar refractivity (Wildman–Crippen MR) is 66.8 cm³/mol. The molecule has 0 radical (unpaired) electrons. The summed E-state index contributed by atoms with van der Waals surface area (Å²) in [5, 5.41) is 10.00. The number of carboxylic acids is 1. The molecule has 0 saturated heterocycles. The summed E-state index contributed by atoms with van der Waals surface area (Å²) >= 11 is 7.18. The molecule has 2 rings (SSSR count). The van der Waals surface area contributed by atoms with Crippen LogP contribution in [0.3, 0.4) is 0 Å². The van der Waals surface area contributed by atoms with Crippen LogP contribution in [-0.2, 0) is 0 Å². The summed E-state index contributed by atoms with van der Waals surface area (Å²) in [6, 6.07) is 10.5. The van der Waals surface area contributed by atoms with Gasteiger partial charge in [0.2, 0.25) is 0 Å². The molecule has 1 heterocycles. The Hall–Kier alpha value is -1.52. The average molecular weight is 266 g/mol. The van der Waals surface area contributed by atoms with E-state index >= 15 is 0 Å². The summed E-state index contributed by atoms with van der Waals surface area (Å²) in [4.78, 5) is 15.9. The van der Waals surface area contributed by atoms with Crippen LogP contribution in [0.25, 0.3) is 0 Å². The Morgan fingerprint density at radius 1 is 1.29 bits per heavy atom. The van der Waals surface area contributed by atoms with E-state index in [-0.39, 0.29) is 10.6 Å². The molecule has 0 atom stereocenters. The van der Waals surface area contributed by atoms with E-state index in [2.05, 4.69) is 4.98 Å². The lowest BCUT2D eigenvalue weighted by molar-refractivity contribution is 0.0697. The molecule has 0 aliphatic heterocycles. The van der Waals surface area contributed by atoms with Gasteiger partial charge in [-0.15, -0.1) is 0 Å². The highest BCUT2D eigenvalue weighted by atomic mass is 35.5. The number of benzene rings is 1. The Bertz CT molecular complexity index is 545. The third kappa shape index (κ3) is 2.99. The van der Waals surface area contributed by atoms with Crippen molar-refractivity contribution in [3.8, 4) is 0 Å². The Morgan fingerprint density at radius 2 is 2.12 bits per heavy atom. The molecule has 1 N–H and O–H groups in total. The Balaban J connectivity index is 2.29. The maximum absolute atomic E-state index is 10.9. The van der Waals surface area contributed by atoms with Crippen LogP contribution in [0.4, 0.5) is 0 Å². The van der Waals surface area contributed by atoms with Crippen LogP contribution in [0, 0.1) is 0 Å². The summed E-state index contributed by atoms with van der Waals surface area (Å²) in [7, 11) is 0. The van der Waals surface area contributed by atoms with Crippen LogP contribution < -0.4 is 0 Å². The fourth-order valence-electron chi connectivity index (χ4n) is 1.26. The SMILES string of the molecule is O=C(O)c1cc(Sc2ccccn2)ccc1Cl. The largest absolute Gasteiger partial charge is 0.478 e. The maximum Gasteiger partial charge on any atom is 0.337 e. The van der Waals surface area contributed by atoms with Gasteiger partial charge >= 0.3 is 5.97 Å². The number of aromatic nitrogens is 1. The maximum atomic E-state index is 10.9. The van der Waals surface area contributed by atoms with Crippen LogP contribution >= 0.6 is 23.4 Å². The third-order valence-corrected chi connectivity index (χ3v) is 3.30. The van der Waals surface area contributed by atoms with Crippen molar-refractivity contribution in [3.63, 3.8) is 0 Å². The van der Waals surface area contributed by atoms with Gasteiger partial charge in [0.25, 0.3) is 0 Å². The monoisotopic (exact) mass is 265 g/mol. The smallest absolute Gasteiger partial charge is 0.337 e. The second-order valence-corrected chi connectivity index (χ2v) is 4.72. The van der Waals surface area contributed by atoms with Gasteiger partial charge in [0.1, 0.15) is 5.03 Å². The molecule has 3 nitrogen and oxygen atoms in total. The van der Waals surface area contributed by atoms with Gasteiger partial charge in [-0.3, -0.25) is 0 Å². The predicted octanol–water partition coefficient (Wildman–Crippen LogP) is 3.58. The van der Waals surface area contributed by atoms with E-state index < -0.39 is 5.97 Å². The molecule has 0 aliphatic rings. The van der Waals surface area contributed by atoms with E-state index in [0.29, 0.717) is 0 Å². The minimum Gasteiger partial charge on any atom is -0.478 e. The molecule has 0 fully saturated rings. The highest BCUT2D eigenvalue weighted by Crippen LogP contribution is 2.29. The zero-order valence-electron chi connectivity index (χ0n) is 8.63. The molecule has 0 bridgehead atoms. The number of carbonyl (C=O) groups is 1. The summed E-state index contributed by atoms with van der Waals surface area (Å²) in [5.41, 5.74) is 0.104. The van der Waals surface area contributed by atoms with E-state index in [1.54, 1.807) is 24.4 Å². The molecule has 2 aromatic rings. The molecule has 86 valence electrons. The second-order valence-electron chi connectivity index (χ2n) is 3.22. The van der Waals surface area contributed by atoms with Gasteiger partial charge in [0, 0.05) is 11.1 Å². The summed E-state index contributed by atoms with van der Waals surface area (Å²) in [6.45, 7) is 0. The average Bonchev–Trinajstić information content (AvgIpc) is 2.32. The standard InChI is InChI=1S/C12H8ClNO2S/c13-10-5-4-8(7-9(10)12(15)16)17-11-3-1-2-6-14-11/h1-7H,(H,15,16). The minimum atomic E-state index is -1.03. The molecule has 0 unspecified atom stereocenters. The number of pyridine rings is 1. The highest BCUT2D eigenvalue weighted by molar-refractivity contribution is 7.99. The second kappa shape index (κ2) is 5.21. The van der Waals surface area contributed by atoms with Crippen molar-refractivity contribution >= 4 is 29.3 Å². The van der Waals surface area contributed by atoms with Crippen molar-refractivity contribution in [2.24, 2.45) is 0 Å².